The van der Waals surface area contributed by atoms with Crippen molar-refractivity contribution in [3.63, 3.8) is 0 Å². The minimum absolute atomic E-state index is 0.112. The Labute approximate surface area is 261 Å². The van der Waals surface area contributed by atoms with E-state index in [0.717, 1.165) is 35.3 Å². The van der Waals surface area contributed by atoms with E-state index in [9.17, 15) is 18.0 Å². The Balaban J connectivity index is 2.04. The predicted molar refractivity (Wildman–Crippen MR) is 170 cm³/mol. The number of aryl methyl sites for hydroxylation is 1. The number of ether oxygens (including phenoxy) is 2. The van der Waals surface area contributed by atoms with Gasteiger partial charge in [-0.1, -0.05) is 49.7 Å². The van der Waals surface area contributed by atoms with Gasteiger partial charge < -0.3 is 9.47 Å². The molecule has 3 aromatic rings. The van der Waals surface area contributed by atoms with E-state index in [0.29, 0.717) is 5.69 Å². The normalized spacial score (nSPS) is 12.8. The first-order valence-electron chi connectivity index (χ1n) is 14.8. The van der Waals surface area contributed by atoms with Crippen LogP contribution in [0, 0.1) is 0 Å². The highest BCUT2D eigenvalue weighted by atomic mass is 32.2. The summed E-state index contributed by atoms with van der Waals surface area (Å²) in [5.41, 5.74) is 0.804. The number of aromatic nitrogens is 2. The fraction of sp³-hybridized carbons (Fsp3) is 0.455. The second kappa shape index (κ2) is 14.8. The van der Waals surface area contributed by atoms with Crippen LogP contribution in [-0.4, -0.2) is 48.2 Å². The largest absolute Gasteiger partial charge is 0.459 e. The third-order valence-corrected chi connectivity index (χ3v) is 7.56. The topological polar surface area (TPSA) is 128 Å². The molecule has 0 aliphatic carbocycles. The van der Waals surface area contributed by atoms with Gasteiger partial charge in [0.25, 0.3) is 10.0 Å². The molecule has 1 amide bonds. The summed E-state index contributed by atoms with van der Waals surface area (Å²) in [5.74, 6) is -0.534. The number of carbonyl (C=O) groups excluding carboxylic acids is 2. The molecule has 2 aromatic heterocycles. The number of hydrogen-bond donors (Lipinski definition) is 1. The Kier molecular flexibility index (Phi) is 11.6. The number of carbonyl (C=O) groups is 2. The van der Waals surface area contributed by atoms with Crippen molar-refractivity contribution in [3.05, 3.63) is 83.7 Å². The molecule has 11 heteroatoms. The van der Waals surface area contributed by atoms with Crippen molar-refractivity contribution in [2.45, 2.75) is 96.4 Å². The lowest BCUT2D eigenvalue weighted by atomic mass is 9.99. The maximum absolute atomic E-state index is 13.4. The number of anilines is 1. The maximum Gasteiger partial charge on any atom is 0.416 e. The van der Waals surface area contributed by atoms with Crippen LogP contribution in [-0.2, 0) is 37.1 Å². The fourth-order valence-corrected chi connectivity index (χ4v) is 5.49. The van der Waals surface area contributed by atoms with Gasteiger partial charge in [0.2, 0.25) is 0 Å². The second-order valence-electron chi connectivity index (χ2n) is 12.5. The molecule has 238 valence electrons. The van der Waals surface area contributed by atoms with Crippen molar-refractivity contribution >= 4 is 27.9 Å². The number of esters is 1. The van der Waals surface area contributed by atoms with Gasteiger partial charge in [-0.05, 0) is 96.2 Å². The highest BCUT2D eigenvalue weighted by Gasteiger charge is 2.30. The summed E-state index contributed by atoms with van der Waals surface area (Å²) in [6, 6.07) is 16.7. The molecule has 3 rings (SSSR count). The summed E-state index contributed by atoms with van der Waals surface area (Å²) < 4.78 is 40.7. The zero-order chi connectivity index (χ0) is 32.5. The van der Waals surface area contributed by atoms with E-state index in [1.54, 1.807) is 71.9 Å². The van der Waals surface area contributed by atoms with E-state index in [1.807, 2.05) is 12.1 Å². The molecule has 1 aromatic carbocycles. The van der Waals surface area contributed by atoms with Crippen LogP contribution in [0.3, 0.4) is 0 Å². The van der Waals surface area contributed by atoms with Gasteiger partial charge >= 0.3 is 12.1 Å². The van der Waals surface area contributed by atoms with Gasteiger partial charge in [-0.2, -0.15) is 0 Å². The molecule has 2 heterocycles. The Morgan fingerprint density at radius 2 is 1.59 bits per heavy atom. The average Bonchev–Trinajstić information content (AvgIpc) is 2.93. The van der Waals surface area contributed by atoms with E-state index in [2.05, 4.69) is 28.8 Å². The number of benzene rings is 1. The van der Waals surface area contributed by atoms with Crippen molar-refractivity contribution in [1.29, 1.82) is 0 Å². The number of pyridine rings is 2. The number of nitrogens with zero attached hydrogens (tertiary/aromatic N) is 3. The lowest BCUT2D eigenvalue weighted by Gasteiger charge is -2.28. The Morgan fingerprint density at radius 1 is 0.909 bits per heavy atom. The van der Waals surface area contributed by atoms with Crippen LogP contribution in [0.15, 0.2) is 71.9 Å². The van der Waals surface area contributed by atoms with Crippen LogP contribution < -0.4 is 9.62 Å². The number of hydrogen-bond acceptors (Lipinski definition) is 8. The molecule has 0 aliphatic heterocycles. The van der Waals surface area contributed by atoms with Gasteiger partial charge in [0.05, 0.1) is 11.7 Å². The molecule has 0 bridgehead atoms. The minimum atomic E-state index is -4.05. The van der Waals surface area contributed by atoms with Crippen LogP contribution in [0.2, 0.25) is 0 Å². The summed E-state index contributed by atoms with van der Waals surface area (Å²) in [6.07, 6.45) is 3.92. The molecule has 0 aliphatic rings. The monoisotopic (exact) mass is 624 g/mol. The van der Waals surface area contributed by atoms with Crippen molar-refractivity contribution in [2.24, 2.45) is 0 Å². The molecule has 10 nitrogen and oxygen atoms in total. The van der Waals surface area contributed by atoms with Crippen LogP contribution in [0.4, 0.5) is 10.6 Å². The molecular weight excluding hydrogens is 580 g/mol. The van der Waals surface area contributed by atoms with Gasteiger partial charge in [0.15, 0.2) is 5.03 Å². The van der Waals surface area contributed by atoms with Gasteiger partial charge in [0, 0.05) is 6.20 Å². The smallest absolute Gasteiger partial charge is 0.416 e. The molecule has 1 unspecified atom stereocenters. The van der Waals surface area contributed by atoms with Crippen LogP contribution >= 0.6 is 0 Å². The summed E-state index contributed by atoms with van der Waals surface area (Å²) in [5, 5.41) is -0.127. The zero-order valence-corrected chi connectivity index (χ0v) is 27.5. The lowest BCUT2D eigenvalue weighted by Crippen LogP contribution is -2.42. The van der Waals surface area contributed by atoms with Gasteiger partial charge in [0.1, 0.15) is 23.6 Å². The van der Waals surface area contributed by atoms with E-state index < -0.39 is 45.9 Å². The quantitative estimate of drug-likeness (QED) is 0.237. The molecule has 0 spiro atoms. The molecule has 0 saturated heterocycles. The lowest BCUT2D eigenvalue weighted by molar-refractivity contribution is -0.153. The molecule has 1 atom stereocenters. The first-order valence-corrected chi connectivity index (χ1v) is 16.2. The van der Waals surface area contributed by atoms with E-state index in [1.165, 1.54) is 12.3 Å². The SMILES string of the molecule is CCCCc1cccc(CC(NS(=O)(=O)c2ccccn2)c2cccc(N(CC(=O)OC(C)(C)C)C(=O)OC(C)(C)C)n2)c1. The first kappa shape index (κ1) is 34.7. The van der Waals surface area contributed by atoms with Crippen LogP contribution in [0.5, 0.6) is 0 Å². The standard InChI is InChI=1S/C33H44N4O6S/c1-8-9-14-24-15-12-16-25(21-24)22-27(36-44(40,41)29-19-10-11-20-34-29)26-17-13-18-28(35-26)37(31(39)43-33(5,6)7)23-30(38)42-32(2,3)4/h10-13,15-21,27,36H,8-9,14,22-23H2,1-7H3. The number of unbranched alkanes of at least 4 members (excludes halogenated alkanes) is 1. The maximum atomic E-state index is 13.4. The highest BCUT2D eigenvalue weighted by Crippen LogP contribution is 2.25. The van der Waals surface area contributed by atoms with Crippen LogP contribution in [0.1, 0.15) is 84.2 Å². The summed E-state index contributed by atoms with van der Waals surface area (Å²) in [4.78, 5) is 35.9. The van der Waals surface area contributed by atoms with E-state index in [-0.39, 0.29) is 17.3 Å². The van der Waals surface area contributed by atoms with Crippen molar-refractivity contribution in [1.82, 2.24) is 14.7 Å². The molecule has 0 radical (unpaired) electrons. The third-order valence-electron chi connectivity index (χ3n) is 6.17. The minimum Gasteiger partial charge on any atom is -0.459 e. The Morgan fingerprint density at radius 3 is 2.23 bits per heavy atom. The summed E-state index contributed by atoms with van der Waals surface area (Å²) in [6.45, 7) is 12.0. The molecule has 1 N–H and O–H groups in total. The molecular formula is C33H44N4O6S. The van der Waals surface area contributed by atoms with Gasteiger partial charge in [-0.3, -0.25) is 9.69 Å². The fourth-order valence-electron chi connectivity index (χ4n) is 4.33. The van der Waals surface area contributed by atoms with Crippen molar-refractivity contribution in [3.8, 4) is 0 Å². The number of rotatable bonds is 12. The number of sulfonamides is 1. The number of nitrogens with one attached hydrogen (secondary N) is 1. The van der Waals surface area contributed by atoms with E-state index >= 15 is 0 Å². The van der Waals surface area contributed by atoms with Gasteiger partial charge in [-0.15, -0.1) is 0 Å². The van der Waals surface area contributed by atoms with Crippen molar-refractivity contribution < 1.29 is 27.5 Å². The third kappa shape index (κ3) is 11.0. The van der Waals surface area contributed by atoms with Crippen LogP contribution in [0.25, 0.3) is 0 Å². The Hall–Kier alpha value is -3.83. The molecule has 0 saturated carbocycles. The van der Waals surface area contributed by atoms with E-state index in [4.69, 9.17) is 14.5 Å². The molecule has 44 heavy (non-hydrogen) atoms. The summed E-state index contributed by atoms with van der Waals surface area (Å²) >= 11 is 0. The number of amides is 1. The molecule has 0 fully saturated rings. The highest BCUT2D eigenvalue weighted by molar-refractivity contribution is 7.89. The second-order valence-corrected chi connectivity index (χ2v) is 14.2. The summed E-state index contributed by atoms with van der Waals surface area (Å²) in [7, 11) is -4.05. The zero-order valence-electron chi connectivity index (χ0n) is 26.7. The predicted octanol–water partition coefficient (Wildman–Crippen LogP) is 6.16. The van der Waals surface area contributed by atoms with Crippen molar-refractivity contribution in [2.75, 3.05) is 11.4 Å². The van der Waals surface area contributed by atoms with Gasteiger partial charge in [-0.25, -0.2) is 27.9 Å². The Bertz CT molecular complexity index is 1510. The first-order chi connectivity index (χ1) is 20.6. The average molecular weight is 625 g/mol.